The largest absolute Gasteiger partial charge is 0.496 e. The Morgan fingerprint density at radius 1 is 1.26 bits per heavy atom. The fourth-order valence-corrected chi connectivity index (χ4v) is 6.05. The van der Waals surface area contributed by atoms with Crippen LogP contribution in [0.5, 0.6) is 5.75 Å². The predicted molar refractivity (Wildman–Crippen MR) is 85.9 cm³/mol. The smallest absolute Gasteiger partial charge is 0.241 e. The summed E-state index contributed by atoms with van der Waals surface area (Å²) in [4.78, 5) is 0. The zero-order valence-corrected chi connectivity index (χ0v) is 13.9. The van der Waals surface area contributed by atoms with E-state index in [0.29, 0.717) is 24.2 Å². The molecule has 1 aromatic rings. The van der Waals surface area contributed by atoms with Gasteiger partial charge < -0.3 is 4.74 Å². The minimum atomic E-state index is -2.16. The van der Waals surface area contributed by atoms with E-state index in [2.05, 4.69) is 25.1 Å². The Morgan fingerprint density at radius 3 is 2.83 bits per heavy atom. The summed E-state index contributed by atoms with van der Waals surface area (Å²) in [5.41, 5.74) is 2.64. The van der Waals surface area contributed by atoms with Crippen LogP contribution in [-0.2, 0) is 6.42 Å². The van der Waals surface area contributed by atoms with Gasteiger partial charge >= 0.3 is 0 Å². The predicted octanol–water partition coefficient (Wildman–Crippen LogP) is 5.23. The van der Waals surface area contributed by atoms with Crippen molar-refractivity contribution in [2.24, 2.45) is 23.2 Å². The van der Waals surface area contributed by atoms with E-state index < -0.39 is 12.3 Å². The first-order valence-corrected chi connectivity index (χ1v) is 8.91. The molecule has 0 aromatic heterocycles. The van der Waals surface area contributed by atoms with Crippen LogP contribution in [0.25, 0.3) is 0 Å². The monoisotopic (exact) mass is 319 g/mol. The molecule has 1 aromatic carbocycles. The lowest BCUT2D eigenvalue weighted by molar-refractivity contribution is -0.0390. The van der Waals surface area contributed by atoms with Crippen molar-refractivity contribution in [1.82, 2.24) is 0 Å². The number of ether oxygens (including phenoxy) is 1. The Bertz CT molecular complexity index is 599. The summed E-state index contributed by atoms with van der Waals surface area (Å²) in [6, 6.07) is 7.42. The Kier molecular flexibility index (Phi) is 3.66. The summed E-state index contributed by atoms with van der Waals surface area (Å²) >= 11 is 0. The highest BCUT2D eigenvalue weighted by Crippen LogP contribution is 2.64. The van der Waals surface area contributed by atoms with E-state index in [1.165, 1.54) is 11.1 Å². The number of methoxy groups -OCH3 is 1. The van der Waals surface area contributed by atoms with Crippen LogP contribution in [0.4, 0.5) is 8.78 Å². The number of alkyl halides is 2. The average Bonchev–Trinajstić information content (AvgIpc) is 2.91. The molecule has 3 aliphatic carbocycles. The molecule has 0 aliphatic heterocycles. The number of aryl methyl sites for hydroxylation is 1. The fraction of sp³-hybridized carbons (Fsp3) is 0.700. The normalized spacial score (nSPS) is 38.8. The maximum Gasteiger partial charge on any atom is 0.241 e. The van der Waals surface area contributed by atoms with Crippen LogP contribution in [0, 0.1) is 29.2 Å². The lowest BCUT2D eigenvalue weighted by atomic mass is 9.54. The van der Waals surface area contributed by atoms with E-state index >= 15 is 0 Å². The molecule has 4 rings (SSSR count). The van der Waals surface area contributed by atoms with Crippen LogP contribution < -0.4 is 4.74 Å². The van der Waals surface area contributed by atoms with Crippen molar-refractivity contribution in [3.8, 4) is 5.75 Å². The molecular formula is C20H25F2O. The molecule has 3 aliphatic rings. The van der Waals surface area contributed by atoms with Crippen LogP contribution in [0.3, 0.4) is 0 Å². The van der Waals surface area contributed by atoms with E-state index in [1.54, 1.807) is 7.11 Å². The Balaban J connectivity index is 1.67. The molecule has 0 spiro atoms. The molecule has 0 N–H and O–H groups in total. The molecule has 0 heterocycles. The van der Waals surface area contributed by atoms with Gasteiger partial charge in [0.25, 0.3) is 0 Å². The standard InChI is InChI=1S/C20H25F2O/c1-20-10-9-14-15(17(20)7-8-18(20)19(21)22)6-4-12-3-5-13(23-2)11-16(12)14/h3,11,14-15,17-19H,4,6-10H2,1-2H3/t14-,15+,17-,18+,20-/m0/s1. The van der Waals surface area contributed by atoms with Gasteiger partial charge in [0.15, 0.2) is 0 Å². The van der Waals surface area contributed by atoms with Gasteiger partial charge in [-0.3, -0.25) is 0 Å². The zero-order valence-electron chi connectivity index (χ0n) is 13.9. The maximum absolute atomic E-state index is 13.5. The molecule has 125 valence electrons. The van der Waals surface area contributed by atoms with Crippen LogP contribution in [-0.4, -0.2) is 13.5 Å². The maximum atomic E-state index is 13.5. The van der Waals surface area contributed by atoms with Crippen molar-refractivity contribution < 1.29 is 13.5 Å². The van der Waals surface area contributed by atoms with Gasteiger partial charge in [0.1, 0.15) is 5.75 Å². The van der Waals surface area contributed by atoms with Gasteiger partial charge in [-0.25, -0.2) is 8.78 Å². The third kappa shape index (κ3) is 2.22. The molecule has 23 heavy (non-hydrogen) atoms. The van der Waals surface area contributed by atoms with Gasteiger partial charge in [-0.05, 0) is 85.0 Å². The number of fused-ring (bicyclic) bond motifs is 5. The van der Waals surface area contributed by atoms with Crippen LogP contribution in [0.15, 0.2) is 12.1 Å². The second-order valence-corrected chi connectivity index (χ2v) is 7.96. The summed E-state index contributed by atoms with van der Waals surface area (Å²) in [6.07, 6.45) is 3.72. The molecule has 1 nitrogen and oxygen atoms in total. The Hall–Kier alpha value is -1.12. The summed E-state index contributed by atoms with van der Waals surface area (Å²) < 4.78 is 32.4. The highest BCUT2D eigenvalue weighted by Gasteiger charge is 2.56. The van der Waals surface area contributed by atoms with E-state index in [4.69, 9.17) is 4.74 Å². The molecule has 2 saturated carbocycles. The summed E-state index contributed by atoms with van der Waals surface area (Å²) in [7, 11) is 1.68. The number of rotatable bonds is 2. The molecule has 2 fully saturated rings. The first-order chi connectivity index (χ1) is 11.0. The summed E-state index contributed by atoms with van der Waals surface area (Å²) in [5.74, 6) is 1.96. The Labute approximate surface area is 137 Å². The summed E-state index contributed by atoms with van der Waals surface area (Å²) in [6.45, 7) is 2.15. The van der Waals surface area contributed by atoms with Crippen molar-refractivity contribution in [1.29, 1.82) is 0 Å². The quantitative estimate of drug-likeness (QED) is 0.725. The number of halogens is 2. The highest BCUT2D eigenvalue weighted by molar-refractivity contribution is 5.40. The van der Waals surface area contributed by atoms with Gasteiger partial charge in [-0.2, -0.15) is 0 Å². The van der Waals surface area contributed by atoms with Crippen LogP contribution in [0.1, 0.15) is 56.1 Å². The van der Waals surface area contributed by atoms with Gasteiger partial charge in [0.2, 0.25) is 6.43 Å². The lowest BCUT2D eigenvalue weighted by Gasteiger charge is -2.51. The fourth-order valence-electron chi connectivity index (χ4n) is 6.05. The highest BCUT2D eigenvalue weighted by atomic mass is 19.3. The SMILES string of the molecule is COc1[c]cc2c(c1)[C@H]1CC[C@]3(C)[C@@H](C(F)F)CC[C@H]3[C@@H]1CC2. The van der Waals surface area contributed by atoms with E-state index in [1.807, 2.05) is 0 Å². The molecule has 3 heteroatoms. The van der Waals surface area contributed by atoms with Crippen molar-refractivity contribution in [2.75, 3.05) is 7.11 Å². The molecule has 0 saturated heterocycles. The molecule has 1 radical (unpaired) electrons. The van der Waals surface area contributed by atoms with E-state index in [-0.39, 0.29) is 5.41 Å². The third-order valence-electron chi connectivity index (χ3n) is 7.23. The molecule has 0 amide bonds. The lowest BCUT2D eigenvalue weighted by Crippen LogP contribution is -2.43. The van der Waals surface area contributed by atoms with Gasteiger partial charge in [-0.15, -0.1) is 0 Å². The van der Waals surface area contributed by atoms with Crippen molar-refractivity contribution >= 4 is 0 Å². The first kappa shape index (κ1) is 15.4. The second kappa shape index (κ2) is 5.46. The second-order valence-electron chi connectivity index (χ2n) is 7.96. The van der Waals surface area contributed by atoms with Crippen LogP contribution in [0.2, 0.25) is 0 Å². The first-order valence-electron chi connectivity index (χ1n) is 8.91. The van der Waals surface area contributed by atoms with Crippen molar-refractivity contribution in [3.63, 3.8) is 0 Å². The molecule has 0 bridgehead atoms. The van der Waals surface area contributed by atoms with Crippen molar-refractivity contribution in [2.45, 2.75) is 57.8 Å². The van der Waals surface area contributed by atoms with Gasteiger partial charge in [-0.1, -0.05) is 6.92 Å². The molecule has 5 atom stereocenters. The van der Waals surface area contributed by atoms with Crippen molar-refractivity contribution in [3.05, 3.63) is 29.3 Å². The van der Waals surface area contributed by atoms with Gasteiger partial charge in [0, 0.05) is 12.0 Å². The van der Waals surface area contributed by atoms with E-state index in [0.717, 1.165) is 37.9 Å². The van der Waals surface area contributed by atoms with Gasteiger partial charge in [0.05, 0.1) is 7.11 Å². The Morgan fingerprint density at radius 2 is 2.09 bits per heavy atom. The minimum Gasteiger partial charge on any atom is -0.496 e. The number of hydrogen-bond acceptors (Lipinski definition) is 1. The number of benzene rings is 1. The zero-order chi connectivity index (χ0) is 16.2. The number of hydrogen-bond donors (Lipinski definition) is 0. The molecular weight excluding hydrogens is 294 g/mol. The van der Waals surface area contributed by atoms with E-state index in [9.17, 15) is 8.78 Å². The average molecular weight is 319 g/mol. The van der Waals surface area contributed by atoms with Crippen LogP contribution >= 0.6 is 0 Å². The molecule has 0 unspecified atom stereocenters. The minimum absolute atomic E-state index is 0.155. The third-order valence-corrected chi connectivity index (χ3v) is 7.23. The summed E-state index contributed by atoms with van der Waals surface area (Å²) in [5, 5.41) is 0. The topological polar surface area (TPSA) is 9.23 Å².